The standard InChI is InChI=1S/C17H16Cl2N2O/c1-11-2-4-12(5-3-11)17(8-9-17)21-16(22)20-15-7-6-13(18)10-14(15)19/h2-7,10H,8-9H2,1H3,(H2,20,21,22). The molecule has 1 fully saturated rings. The minimum atomic E-state index is -0.262. The van der Waals surface area contributed by atoms with E-state index in [1.54, 1.807) is 18.2 Å². The summed E-state index contributed by atoms with van der Waals surface area (Å²) in [5.74, 6) is 0. The van der Waals surface area contributed by atoms with E-state index in [-0.39, 0.29) is 11.6 Å². The molecule has 0 unspecified atom stereocenters. The van der Waals surface area contributed by atoms with Crippen LogP contribution in [0.5, 0.6) is 0 Å². The van der Waals surface area contributed by atoms with Gasteiger partial charge in [-0.3, -0.25) is 0 Å². The average molecular weight is 335 g/mol. The van der Waals surface area contributed by atoms with Crippen molar-refractivity contribution in [3.05, 3.63) is 63.6 Å². The number of benzene rings is 2. The van der Waals surface area contributed by atoms with Crippen LogP contribution >= 0.6 is 23.2 Å². The van der Waals surface area contributed by atoms with Crippen LogP contribution in [0.3, 0.4) is 0 Å². The van der Waals surface area contributed by atoms with Gasteiger partial charge in [-0.25, -0.2) is 4.79 Å². The van der Waals surface area contributed by atoms with Crippen LogP contribution < -0.4 is 10.6 Å². The molecule has 0 saturated heterocycles. The number of hydrogen-bond acceptors (Lipinski definition) is 1. The van der Waals surface area contributed by atoms with Gasteiger partial charge >= 0.3 is 6.03 Å². The Morgan fingerprint density at radius 2 is 1.77 bits per heavy atom. The Morgan fingerprint density at radius 3 is 2.36 bits per heavy atom. The van der Waals surface area contributed by atoms with Crippen LogP contribution in [0, 0.1) is 6.92 Å². The predicted molar refractivity (Wildman–Crippen MR) is 90.7 cm³/mol. The molecule has 0 atom stereocenters. The second-order valence-corrected chi connectivity index (χ2v) is 6.50. The molecule has 0 spiro atoms. The fourth-order valence-corrected chi connectivity index (χ4v) is 2.90. The van der Waals surface area contributed by atoms with Crippen LogP contribution in [-0.2, 0) is 5.54 Å². The maximum absolute atomic E-state index is 12.2. The number of anilines is 1. The van der Waals surface area contributed by atoms with Crippen molar-refractivity contribution >= 4 is 34.9 Å². The van der Waals surface area contributed by atoms with Gasteiger partial charge in [0.15, 0.2) is 0 Å². The molecule has 22 heavy (non-hydrogen) atoms. The summed E-state index contributed by atoms with van der Waals surface area (Å²) in [7, 11) is 0. The average Bonchev–Trinajstić information content (AvgIpc) is 3.23. The van der Waals surface area contributed by atoms with Gasteiger partial charge < -0.3 is 10.6 Å². The molecule has 2 N–H and O–H groups in total. The van der Waals surface area contributed by atoms with Crippen LogP contribution in [0.25, 0.3) is 0 Å². The van der Waals surface area contributed by atoms with E-state index < -0.39 is 0 Å². The van der Waals surface area contributed by atoms with Gasteiger partial charge in [0.25, 0.3) is 0 Å². The molecule has 2 aromatic rings. The quantitative estimate of drug-likeness (QED) is 0.804. The van der Waals surface area contributed by atoms with Gasteiger partial charge in [0, 0.05) is 5.02 Å². The smallest absolute Gasteiger partial charge is 0.319 e. The van der Waals surface area contributed by atoms with Crippen molar-refractivity contribution in [1.29, 1.82) is 0 Å². The summed E-state index contributed by atoms with van der Waals surface area (Å²) in [6.07, 6.45) is 1.88. The Kier molecular flexibility index (Phi) is 4.02. The molecule has 1 aliphatic carbocycles. The molecule has 2 aromatic carbocycles. The van der Waals surface area contributed by atoms with Gasteiger partial charge in [0.2, 0.25) is 0 Å². The highest BCUT2D eigenvalue weighted by atomic mass is 35.5. The second-order valence-electron chi connectivity index (χ2n) is 5.65. The molecule has 0 radical (unpaired) electrons. The van der Waals surface area contributed by atoms with Crippen LogP contribution in [-0.4, -0.2) is 6.03 Å². The first-order valence-electron chi connectivity index (χ1n) is 7.10. The molecule has 1 aliphatic rings. The second kappa shape index (κ2) is 5.82. The number of urea groups is 1. The molecule has 0 aliphatic heterocycles. The van der Waals surface area contributed by atoms with Gasteiger partial charge in [-0.2, -0.15) is 0 Å². The lowest BCUT2D eigenvalue weighted by Gasteiger charge is -2.19. The molecular formula is C17H16Cl2N2O. The Hall–Kier alpha value is -1.71. The number of aryl methyl sites for hydroxylation is 1. The van der Waals surface area contributed by atoms with E-state index in [0.717, 1.165) is 18.4 Å². The van der Waals surface area contributed by atoms with Crippen LogP contribution in [0.15, 0.2) is 42.5 Å². The number of nitrogens with one attached hydrogen (secondary N) is 2. The summed E-state index contributed by atoms with van der Waals surface area (Å²) < 4.78 is 0. The van der Waals surface area contributed by atoms with Crippen molar-refractivity contribution in [2.45, 2.75) is 25.3 Å². The number of rotatable bonds is 3. The normalized spacial score (nSPS) is 15.2. The van der Waals surface area contributed by atoms with Gasteiger partial charge in [-0.05, 0) is 43.5 Å². The van der Waals surface area contributed by atoms with Crippen LogP contribution in [0.4, 0.5) is 10.5 Å². The Labute approximate surface area is 139 Å². The number of hydrogen-bond donors (Lipinski definition) is 2. The van der Waals surface area contributed by atoms with Gasteiger partial charge in [-0.15, -0.1) is 0 Å². The number of halogens is 2. The van der Waals surface area contributed by atoms with Crippen molar-refractivity contribution in [3.63, 3.8) is 0 Å². The zero-order valence-corrected chi connectivity index (χ0v) is 13.6. The number of amides is 2. The van der Waals surface area contributed by atoms with Crippen molar-refractivity contribution in [1.82, 2.24) is 5.32 Å². The van der Waals surface area contributed by atoms with Crippen molar-refractivity contribution < 1.29 is 4.79 Å². The van der Waals surface area contributed by atoms with E-state index in [1.807, 2.05) is 6.92 Å². The zero-order chi connectivity index (χ0) is 15.7. The number of carbonyl (C=O) groups excluding carboxylic acids is 1. The molecule has 3 rings (SSSR count). The fourth-order valence-electron chi connectivity index (χ4n) is 2.45. The van der Waals surface area contributed by atoms with Crippen molar-refractivity contribution in [2.24, 2.45) is 0 Å². The summed E-state index contributed by atoms with van der Waals surface area (Å²) in [4.78, 5) is 12.2. The summed E-state index contributed by atoms with van der Waals surface area (Å²) >= 11 is 11.9. The first-order chi connectivity index (χ1) is 10.5. The first-order valence-corrected chi connectivity index (χ1v) is 7.85. The van der Waals surface area contributed by atoms with Crippen LogP contribution in [0.1, 0.15) is 24.0 Å². The minimum Gasteiger partial charge on any atom is -0.328 e. The molecule has 5 heteroatoms. The third kappa shape index (κ3) is 3.21. The maximum atomic E-state index is 12.2. The molecule has 0 bridgehead atoms. The Morgan fingerprint density at radius 1 is 1.09 bits per heavy atom. The lowest BCUT2D eigenvalue weighted by atomic mass is 10.0. The zero-order valence-electron chi connectivity index (χ0n) is 12.1. The first kappa shape index (κ1) is 15.2. The fraction of sp³-hybridized carbons (Fsp3) is 0.235. The minimum absolute atomic E-state index is 0.253. The van der Waals surface area contributed by atoms with Gasteiger partial charge in [0.1, 0.15) is 0 Å². The highest BCUT2D eigenvalue weighted by Gasteiger charge is 2.45. The van der Waals surface area contributed by atoms with Crippen molar-refractivity contribution in [3.8, 4) is 0 Å². The lowest BCUT2D eigenvalue weighted by Crippen LogP contribution is -2.38. The predicted octanol–water partition coefficient (Wildman–Crippen LogP) is 5.11. The Bertz CT molecular complexity index is 709. The van der Waals surface area contributed by atoms with Gasteiger partial charge in [0.05, 0.1) is 16.2 Å². The molecule has 3 nitrogen and oxygen atoms in total. The third-order valence-corrected chi connectivity index (χ3v) is 4.43. The van der Waals surface area contributed by atoms with E-state index in [2.05, 4.69) is 34.9 Å². The van der Waals surface area contributed by atoms with Crippen LogP contribution in [0.2, 0.25) is 10.0 Å². The third-order valence-electron chi connectivity index (χ3n) is 3.89. The molecule has 0 aromatic heterocycles. The highest BCUT2D eigenvalue weighted by molar-refractivity contribution is 6.36. The molecule has 114 valence electrons. The topological polar surface area (TPSA) is 41.1 Å². The maximum Gasteiger partial charge on any atom is 0.319 e. The van der Waals surface area contributed by atoms with E-state index in [4.69, 9.17) is 23.2 Å². The van der Waals surface area contributed by atoms with Crippen molar-refractivity contribution in [2.75, 3.05) is 5.32 Å². The summed E-state index contributed by atoms with van der Waals surface area (Å²) in [6, 6.07) is 13.0. The number of carbonyl (C=O) groups is 1. The lowest BCUT2D eigenvalue weighted by molar-refractivity contribution is 0.247. The summed E-state index contributed by atoms with van der Waals surface area (Å²) in [5.41, 5.74) is 2.63. The molecular weight excluding hydrogens is 319 g/mol. The van der Waals surface area contributed by atoms with E-state index >= 15 is 0 Å². The van der Waals surface area contributed by atoms with E-state index in [0.29, 0.717) is 15.7 Å². The Balaban J connectivity index is 1.70. The molecule has 2 amide bonds. The summed E-state index contributed by atoms with van der Waals surface area (Å²) in [5, 5.41) is 6.78. The monoisotopic (exact) mass is 334 g/mol. The molecule has 0 heterocycles. The van der Waals surface area contributed by atoms with E-state index in [9.17, 15) is 4.79 Å². The summed E-state index contributed by atoms with van der Waals surface area (Å²) in [6.45, 7) is 2.05. The largest absolute Gasteiger partial charge is 0.328 e. The van der Waals surface area contributed by atoms with Gasteiger partial charge in [-0.1, -0.05) is 53.0 Å². The van der Waals surface area contributed by atoms with E-state index in [1.165, 1.54) is 5.56 Å². The molecule has 1 saturated carbocycles. The highest BCUT2D eigenvalue weighted by Crippen LogP contribution is 2.45. The SMILES string of the molecule is Cc1ccc(C2(NC(=O)Nc3ccc(Cl)cc3Cl)CC2)cc1.